The van der Waals surface area contributed by atoms with Crippen molar-refractivity contribution in [3.05, 3.63) is 0 Å². The monoisotopic (exact) mass is 211 g/mol. The first-order valence-corrected chi connectivity index (χ1v) is 6.27. The van der Waals surface area contributed by atoms with Crippen molar-refractivity contribution in [2.24, 2.45) is 5.92 Å². The molecule has 0 heterocycles. The molecule has 0 aliphatic heterocycles. The van der Waals surface area contributed by atoms with Crippen LogP contribution in [-0.4, -0.2) is 17.9 Å². The van der Waals surface area contributed by atoms with Gasteiger partial charge in [-0.25, -0.2) is 0 Å². The van der Waals surface area contributed by atoms with Crippen molar-refractivity contribution >= 4 is 5.78 Å². The van der Waals surface area contributed by atoms with E-state index >= 15 is 0 Å². The van der Waals surface area contributed by atoms with E-state index < -0.39 is 0 Å². The Morgan fingerprint density at radius 2 is 1.80 bits per heavy atom. The summed E-state index contributed by atoms with van der Waals surface area (Å²) in [4.78, 5) is 11.8. The molecule has 2 heteroatoms. The maximum absolute atomic E-state index is 11.8. The zero-order chi connectivity index (χ0) is 11.3. The molecule has 2 nitrogen and oxygen atoms in total. The van der Waals surface area contributed by atoms with Crippen molar-refractivity contribution in [1.82, 2.24) is 5.32 Å². The Hall–Kier alpha value is -0.370. The van der Waals surface area contributed by atoms with Gasteiger partial charge in [-0.15, -0.1) is 0 Å². The molecule has 0 bridgehead atoms. The summed E-state index contributed by atoms with van der Waals surface area (Å²) < 4.78 is 0. The maximum Gasteiger partial charge on any atom is 0.137 e. The molecular weight excluding hydrogens is 186 g/mol. The van der Waals surface area contributed by atoms with Crippen molar-refractivity contribution in [2.75, 3.05) is 6.54 Å². The van der Waals surface area contributed by atoms with Crippen LogP contribution in [0.4, 0.5) is 0 Å². The highest BCUT2D eigenvalue weighted by Gasteiger charge is 2.20. The van der Waals surface area contributed by atoms with Crippen LogP contribution in [0.3, 0.4) is 0 Å². The summed E-state index contributed by atoms with van der Waals surface area (Å²) in [6.45, 7) is 7.24. The fourth-order valence-corrected chi connectivity index (χ4v) is 2.19. The summed E-state index contributed by atoms with van der Waals surface area (Å²) in [7, 11) is 0. The number of hydrogen-bond acceptors (Lipinski definition) is 2. The third-order valence-corrected chi connectivity index (χ3v) is 3.09. The average molecular weight is 211 g/mol. The first kappa shape index (κ1) is 12.7. The van der Waals surface area contributed by atoms with E-state index in [4.69, 9.17) is 0 Å². The Bertz CT molecular complexity index is 199. The summed E-state index contributed by atoms with van der Waals surface area (Å²) >= 11 is 0. The molecule has 0 amide bonds. The number of carbonyl (C=O) groups is 1. The van der Waals surface area contributed by atoms with Crippen LogP contribution in [0.15, 0.2) is 0 Å². The normalized spacial score (nSPS) is 19.1. The minimum absolute atomic E-state index is 0.132. The second-order valence-corrected chi connectivity index (χ2v) is 5.73. The molecule has 15 heavy (non-hydrogen) atoms. The van der Waals surface area contributed by atoms with E-state index in [9.17, 15) is 4.79 Å². The van der Waals surface area contributed by atoms with Gasteiger partial charge in [-0.1, -0.05) is 19.3 Å². The molecule has 1 saturated carbocycles. The Labute approximate surface area is 93.8 Å². The van der Waals surface area contributed by atoms with E-state index in [2.05, 4.69) is 26.1 Å². The number of Topliss-reactive ketones (excluding diaryl/α,β-unsaturated/α-hetero) is 1. The van der Waals surface area contributed by atoms with Crippen molar-refractivity contribution in [1.29, 1.82) is 0 Å². The van der Waals surface area contributed by atoms with Crippen LogP contribution < -0.4 is 5.32 Å². The van der Waals surface area contributed by atoms with Crippen LogP contribution in [0.5, 0.6) is 0 Å². The van der Waals surface area contributed by atoms with Gasteiger partial charge in [-0.05, 0) is 33.6 Å². The first-order chi connectivity index (χ1) is 6.99. The van der Waals surface area contributed by atoms with Crippen molar-refractivity contribution in [3.8, 4) is 0 Å². The van der Waals surface area contributed by atoms with E-state index in [1.54, 1.807) is 0 Å². The summed E-state index contributed by atoms with van der Waals surface area (Å²) in [6.07, 6.45) is 6.81. The molecule has 0 unspecified atom stereocenters. The average Bonchev–Trinajstić information content (AvgIpc) is 2.17. The highest BCUT2D eigenvalue weighted by molar-refractivity contribution is 5.81. The van der Waals surface area contributed by atoms with Crippen LogP contribution in [0.2, 0.25) is 0 Å². The lowest BCUT2D eigenvalue weighted by Gasteiger charge is -2.23. The van der Waals surface area contributed by atoms with Crippen LogP contribution in [0.1, 0.15) is 59.3 Å². The van der Waals surface area contributed by atoms with Gasteiger partial charge in [-0.2, -0.15) is 0 Å². The second kappa shape index (κ2) is 5.64. The SMILES string of the molecule is CC(C)(C)NCCC(=O)C1CCCCC1. The summed E-state index contributed by atoms with van der Waals surface area (Å²) in [5.74, 6) is 0.854. The molecule has 1 N–H and O–H groups in total. The van der Waals surface area contributed by atoms with Crippen LogP contribution in [-0.2, 0) is 4.79 Å². The van der Waals surface area contributed by atoms with Crippen LogP contribution in [0.25, 0.3) is 0 Å². The molecule has 0 spiro atoms. The molecule has 0 aromatic rings. The van der Waals surface area contributed by atoms with Gasteiger partial charge in [-0.3, -0.25) is 4.79 Å². The minimum atomic E-state index is 0.132. The molecule has 0 aromatic carbocycles. The zero-order valence-electron chi connectivity index (χ0n) is 10.4. The molecule has 1 fully saturated rings. The fourth-order valence-electron chi connectivity index (χ4n) is 2.19. The smallest absolute Gasteiger partial charge is 0.137 e. The lowest BCUT2D eigenvalue weighted by atomic mass is 9.85. The molecule has 1 rings (SSSR count). The quantitative estimate of drug-likeness (QED) is 0.774. The van der Waals surface area contributed by atoms with Gasteiger partial charge < -0.3 is 5.32 Å². The maximum atomic E-state index is 11.8. The molecule has 0 saturated heterocycles. The predicted octanol–water partition coefficient (Wildman–Crippen LogP) is 2.91. The highest BCUT2D eigenvalue weighted by Crippen LogP contribution is 2.25. The predicted molar refractivity (Wildman–Crippen MR) is 64.0 cm³/mol. The van der Waals surface area contributed by atoms with E-state index in [1.165, 1.54) is 19.3 Å². The Kier molecular flexibility index (Phi) is 4.78. The number of rotatable bonds is 4. The molecule has 1 aliphatic carbocycles. The minimum Gasteiger partial charge on any atom is -0.312 e. The molecule has 0 atom stereocenters. The molecule has 88 valence electrons. The first-order valence-electron chi connectivity index (χ1n) is 6.27. The summed E-state index contributed by atoms with van der Waals surface area (Å²) in [6, 6.07) is 0. The van der Waals surface area contributed by atoms with Gasteiger partial charge in [0, 0.05) is 24.4 Å². The van der Waals surface area contributed by atoms with Gasteiger partial charge in [0.05, 0.1) is 0 Å². The molecular formula is C13H25NO. The van der Waals surface area contributed by atoms with Crippen LogP contribution >= 0.6 is 0 Å². The van der Waals surface area contributed by atoms with Gasteiger partial charge in [0.1, 0.15) is 5.78 Å². The van der Waals surface area contributed by atoms with Crippen molar-refractivity contribution in [2.45, 2.75) is 64.8 Å². The van der Waals surface area contributed by atoms with Crippen molar-refractivity contribution < 1.29 is 4.79 Å². The topological polar surface area (TPSA) is 29.1 Å². The van der Waals surface area contributed by atoms with E-state index in [1.807, 2.05) is 0 Å². The number of ketones is 1. The lowest BCUT2D eigenvalue weighted by molar-refractivity contribution is -0.123. The molecule has 0 radical (unpaired) electrons. The van der Waals surface area contributed by atoms with E-state index in [-0.39, 0.29) is 5.54 Å². The summed E-state index contributed by atoms with van der Waals surface area (Å²) in [5.41, 5.74) is 0.132. The Morgan fingerprint density at radius 1 is 1.20 bits per heavy atom. The number of hydrogen-bond donors (Lipinski definition) is 1. The molecule has 1 aliphatic rings. The van der Waals surface area contributed by atoms with Gasteiger partial charge in [0.15, 0.2) is 0 Å². The zero-order valence-corrected chi connectivity index (χ0v) is 10.4. The van der Waals surface area contributed by atoms with Crippen molar-refractivity contribution in [3.63, 3.8) is 0 Å². The Morgan fingerprint density at radius 3 is 2.33 bits per heavy atom. The number of carbonyl (C=O) groups excluding carboxylic acids is 1. The third-order valence-electron chi connectivity index (χ3n) is 3.09. The molecule has 0 aromatic heterocycles. The lowest BCUT2D eigenvalue weighted by Crippen LogP contribution is -2.37. The Balaban J connectivity index is 2.17. The van der Waals surface area contributed by atoms with Gasteiger partial charge >= 0.3 is 0 Å². The van der Waals surface area contributed by atoms with E-state index in [0.717, 1.165) is 19.4 Å². The summed E-state index contributed by atoms with van der Waals surface area (Å²) in [5, 5.41) is 3.37. The standard InChI is InChI=1S/C13H25NO/c1-13(2,3)14-10-9-12(15)11-7-5-4-6-8-11/h11,14H,4-10H2,1-3H3. The highest BCUT2D eigenvalue weighted by atomic mass is 16.1. The van der Waals surface area contributed by atoms with Gasteiger partial charge in [0.25, 0.3) is 0 Å². The van der Waals surface area contributed by atoms with E-state index in [0.29, 0.717) is 18.1 Å². The largest absolute Gasteiger partial charge is 0.312 e. The van der Waals surface area contributed by atoms with Crippen LogP contribution in [0, 0.1) is 5.92 Å². The third kappa shape index (κ3) is 5.31. The second-order valence-electron chi connectivity index (χ2n) is 5.73. The fraction of sp³-hybridized carbons (Fsp3) is 0.923. The number of nitrogens with one attached hydrogen (secondary N) is 1. The van der Waals surface area contributed by atoms with Gasteiger partial charge in [0.2, 0.25) is 0 Å².